The van der Waals surface area contributed by atoms with Crippen LogP contribution in [0.3, 0.4) is 0 Å². The van der Waals surface area contributed by atoms with Crippen LogP contribution in [0.2, 0.25) is 0 Å². The third-order valence-electron chi connectivity index (χ3n) is 6.26. The van der Waals surface area contributed by atoms with Crippen LogP contribution in [0.15, 0.2) is 65.2 Å². The Labute approximate surface area is 192 Å². The van der Waals surface area contributed by atoms with Gasteiger partial charge in [0.15, 0.2) is 5.76 Å². The highest BCUT2D eigenvalue weighted by atomic mass is 19.4. The van der Waals surface area contributed by atoms with E-state index in [1.165, 1.54) is 18.2 Å². The summed E-state index contributed by atoms with van der Waals surface area (Å²) in [5.41, 5.74) is -0.970. The molecule has 4 rings (SSSR count). The van der Waals surface area contributed by atoms with Crippen molar-refractivity contribution in [2.75, 3.05) is 0 Å². The third-order valence-corrected chi connectivity index (χ3v) is 6.26. The molecule has 1 aliphatic heterocycles. The molecule has 2 aromatic carbocycles. The van der Waals surface area contributed by atoms with Crippen molar-refractivity contribution in [1.82, 2.24) is 10.3 Å². The average Bonchev–Trinajstić information content (AvgIpc) is 3.12. The van der Waals surface area contributed by atoms with Crippen LogP contribution in [-0.2, 0) is 21.1 Å². The summed E-state index contributed by atoms with van der Waals surface area (Å²) in [5.74, 6) is -0.854. The van der Waals surface area contributed by atoms with Gasteiger partial charge in [-0.15, -0.1) is 0 Å². The first-order valence-corrected chi connectivity index (χ1v) is 10.7. The Bertz CT molecular complexity index is 1380. The SMILES string of the molecule is CCC(C=C1OC(=O)NC1=O)(CC)c1ccc(-c2ccc3cccc(C(F)(F)F)c3c2)[nH]c1=O. The van der Waals surface area contributed by atoms with Crippen molar-refractivity contribution in [3.8, 4) is 11.3 Å². The zero-order valence-electron chi connectivity index (χ0n) is 18.4. The second kappa shape index (κ2) is 8.48. The van der Waals surface area contributed by atoms with Crippen LogP contribution in [0.25, 0.3) is 22.0 Å². The molecule has 34 heavy (non-hydrogen) atoms. The lowest BCUT2D eigenvalue weighted by atomic mass is 9.75. The number of halogens is 3. The number of alkyl carbamates (subject to hydrolysis) is 1. The molecular weight excluding hydrogens is 449 g/mol. The number of alkyl halides is 3. The lowest BCUT2D eigenvalue weighted by Gasteiger charge is -2.28. The van der Waals surface area contributed by atoms with Crippen LogP contribution in [0, 0.1) is 0 Å². The number of pyridine rings is 1. The summed E-state index contributed by atoms with van der Waals surface area (Å²) in [6.07, 6.45) is -3.05. The van der Waals surface area contributed by atoms with Crippen molar-refractivity contribution in [2.24, 2.45) is 0 Å². The first-order valence-electron chi connectivity index (χ1n) is 10.7. The van der Waals surface area contributed by atoms with Gasteiger partial charge in [-0.2, -0.15) is 13.2 Å². The highest BCUT2D eigenvalue weighted by molar-refractivity contribution is 6.07. The van der Waals surface area contributed by atoms with Gasteiger partial charge in [-0.05, 0) is 53.5 Å². The van der Waals surface area contributed by atoms with E-state index in [0.29, 0.717) is 35.0 Å². The van der Waals surface area contributed by atoms with Crippen molar-refractivity contribution in [3.05, 3.63) is 81.8 Å². The smallest absolute Gasteiger partial charge is 0.404 e. The van der Waals surface area contributed by atoms with Crippen molar-refractivity contribution < 1.29 is 27.5 Å². The van der Waals surface area contributed by atoms with Crippen LogP contribution < -0.4 is 10.9 Å². The minimum atomic E-state index is -4.51. The largest absolute Gasteiger partial charge is 0.419 e. The third kappa shape index (κ3) is 4.09. The van der Waals surface area contributed by atoms with Crippen molar-refractivity contribution in [2.45, 2.75) is 38.3 Å². The molecule has 0 aliphatic carbocycles. The predicted molar refractivity (Wildman–Crippen MR) is 120 cm³/mol. The summed E-state index contributed by atoms with van der Waals surface area (Å²) in [5, 5.41) is 2.50. The molecule has 2 heterocycles. The summed E-state index contributed by atoms with van der Waals surface area (Å²) in [4.78, 5) is 39.2. The van der Waals surface area contributed by atoms with Crippen LogP contribution in [-0.4, -0.2) is 17.0 Å². The number of H-pyrrole nitrogens is 1. The standard InChI is InChI=1S/C25H21F3N2O4/c1-3-24(4-2,13-20-22(32)30-23(33)34-20)18-10-11-19(29-21(18)31)15-9-8-14-6-5-7-17(16(14)12-15)25(26,27)28/h5-13H,3-4H2,1-2H3,(H,29,31)(H,30,32,33). The normalized spacial score (nSPS) is 15.6. The lowest BCUT2D eigenvalue weighted by molar-refractivity contribution is -0.136. The number of carbonyl (C=O) groups excluding carboxylic acids is 2. The van der Waals surface area contributed by atoms with Crippen LogP contribution in [0.5, 0.6) is 0 Å². The molecule has 0 atom stereocenters. The number of amides is 2. The van der Waals surface area contributed by atoms with Gasteiger partial charge in [0.05, 0.1) is 5.56 Å². The van der Waals surface area contributed by atoms with Gasteiger partial charge in [0.25, 0.3) is 11.5 Å². The number of aromatic amines is 1. The fourth-order valence-electron chi connectivity index (χ4n) is 4.31. The Morgan fingerprint density at radius 2 is 1.68 bits per heavy atom. The fraction of sp³-hybridized carbons (Fsp3) is 0.240. The van der Waals surface area contributed by atoms with E-state index in [9.17, 15) is 27.6 Å². The molecule has 0 saturated carbocycles. The van der Waals surface area contributed by atoms with Gasteiger partial charge >= 0.3 is 12.3 Å². The number of allylic oxidation sites excluding steroid dienone is 1. The minimum Gasteiger partial charge on any atom is -0.404 e. The van der Waals surface area contributed by atoms with E-state index in [1.807, 2.05) is 19.2 Å². The van der Waals surface area contributed by atoms with E-state index < -0.39 is 34.7 Å². The predicted octanol–water partition coefficient (Wildman–Crippen LogP) is 5.42. The highest BCUT2D eigenvalue weighted by Gasteiger charge is 2.35. The highest BCUT2D eigenvalue weighted by Crippen LogP contribution is 2.37. The Morgan fingerprint density at radius 3 is 2.26 bits per heavy atom. The number of benzene rings is 2. The topological polar surface area (TPSA) is 88.3 Å². The van der Waals surface area contributed by atoms with E-state index in [4.69, 9.17) is 4.74 Å². The van der Waals surface area contributed by atoms with E-state index in [-0.39, 0.29) is 11.1 Å². The number of hydrogen-bond donors (Lipinski definition) is 2. The van der Waals surface area contributed by atoms with Gasteiger partial charge in [-0.25, -0.2) is 4.79 Å². The molecule has 1 aromatic heterocycles. The molecule has 0 unspecified atom stereocenters. The number of carbonyl (C=O) groups is 2. The molecule has 9 heteroatoms. The molecule has 6 nitrogen and oxygen atoms in total. The molecule has 1 fully saturated rings. The molecule has 2 amide bonds. The van der Waals surface area contributed by atoms with E-state index in [1.54, 1.807) is 30.3 Å². The Kier molecular flexibility index (Phi) is 5.80. The molecule has 3 aromatic rings. The van der Waals surface area contributed by atoms with Gasteiger partial charge in [-0.3, -0.25) is 14.9 Å². The Balaban J connectivity index is 1.80. The van der Waals surface area contributed by atoms with Gasteiger partial charge < -0.3 is 9.72 Å². The molecule has 1 aliphatic rings. The number of ether oxygens (including phenoxy) is 1. The summed E-state index contributed by atoms with van der Waals surface area (Å²) < 4.78 is 45.3. The van der Waals surface area contributed by atoms with Crippen molar-refractivity contribution >= 4 is 22.8 Å². The molecule has 2 N–H and O–H groups in total. The maximum atomic E-state index is 13.5. The number of aromatic nitrogens is 1. The molecule has 176 valence electrons. The zero-order valence-corrected chi connectivity index (χ0v) is 18.4. The molecule has 0 radical (unpaired) electrons. The second-order valence-corrected chi connectivity index (χ2v) is 8.07. The number of imide groups is 1. The van der Waals surface area contributed by atoms with Crippen molar-refractivity contribution in [1.29, 1.82) is 0 Å². The Morgan fingerprint density at radius 1 is 0.941 bits per heavy atom. The number of nitrogens with one attached hydrogen (secondary N) is 2. The van der Waals surface area contributed by atoms with Gasteiger partial charge in [0, 0.05) is 16.7 Å². The monoisotopic (exact) mass is 470 g/mol. The number of fused-ring (bicyclic) bond motifs is 1. The number of cyclic esters (lactones) is 1. The van der Waals surface area contributed by atoms with Crippen molar-refractivity contribution in [3.63, 3.8) is 0 Å². The van der Waals surface area contributed by atoms with Gasteiger partial charge in [-0.1, -0.05) is 44.2 Å². The molecule has 1 saturated heterocycles. The van der Waals surface area contributed by atoms with Crippen LogP contribution >= 0.6 is 0 Å². The van der Waals surface area contributed by atoms with Crippen LogP contribution in [0.4, 0.5) is 18.0 Å². The molecule has 0 spiro atoms. The number of rotatable bonds is 5. The summed E-state index contributed by atoms with van der Waals surface area (Å²) in [6, 6.07) is 11.8. The Hall–Kier alpha value is -3.88. The number of hydrogen-bond acceptors (Lipinski definition) is 4. The summed E-state index contributed by atoms with van der Waals surface area (Å²) in [7, 11) is 0. The molecule has 0 bridgehead atoms. The first kappa shape index (κ1) is 23.3. The maximum Gasteiger partial charge on any atom is 0.419 e. The maximum absolute atomic E-state index is 13.5. The molecular formula is C25H21F3N2O4. The first-order chi connectivity index (χ1) is 16.1. The van der Waals surface area contributed by atoms with E-state index >= 15 is 0 Å². The quantitative estimate of drug-likeness (QED) is 0.488. The van der Waals surface area contributed by atoms with Gasteiger partial charge in [0.2, 0.25) is 0 Å². The van der Waals surface area contributed by atoms with Gasteiger partial charge in [0.1, 0.15) is 0 Å². The second-order valence-electron chi connectivity index (χ2n) is 8.07. The summed E-state index contributed by atoms with van der Waals surface area (Å²) in [6.45, 7) is 3.68. The van der Waals surface area contributed by atoms with E-state index in [0.717, 1.165) is 6.07 Å². The fourth-order valence-corrected chi connectivity index (χ4v) is 4.31. The lowest BCUT2D eigenvalue weighted by Crippen LogP contribution is -2.31. The minimum absolute atomic E-state index is 0.0349. The summed E-state index contributed by atoms with van der Waals surface area (Å²) >= 11 is 0. The van der Waals surface area contributed by atoms with Crippen LogP contribution in [0.1, 0.15) is 37.8 Å². The van der Waals surface area contributed by atoms with E-state index in [2.05, 4.69) is 4.98 Å². The zero-order chi connectivity index (χ0) is 24.7. The average molecular weight is 470 g/mol.